The van der Waals surface area contributed by atoms with Crippen molar-refractivity contribution in [3.63, 3.8) is 0 Å². The fourth-order valence-corrected chi connectivity index (χ4v) is 2.22. The van der Waals surface area contributed by atoms with Crippen LogP contribution in [0.4, 0.5) is 13.2 Å². The topological polar surface area (TPSA) is 24.9 Å². The molecule has 1 N–H and O–H groups in total. The molecule has 0 amide bonds. The fraction of sp³-hybridized carbons (Fsp3) is 0.312. The number of aryl methyl sites for hydroxylation is 1. The average molecular weight is 294 g/mol. The van der Waals surface area contributed by atoms with Crippen LogP contribution in [-0.4, -0.2) is 4.98 Å². The van der Waals surface area contributed by atoms with Crippen molar-refractivity contribution in [2.45, 2.75) is 32.6 Å². The van der Waals surface area contributed by atoms with E-state index in [1.54, 1.807) is 12.3 Å². The van der Waals surface area contributed by atoms with E-state index in [-0.39, 0.29) is 12.1 Å². The predicted molar refractivity (Wildman–Crippen MR) is 75.6 cm³/mol. The van der Waals surface area contributed by atoms with Crippen LogP contribution in [0.3, 0.4) is 0 Å². The Morgan fingerprint density at radius 3 is 2.43 bits per heavy atom. The summed E-state index contributed by atoms with van der Waals surface area (Å²) >= 11 is 0. The van der Waals surface area contributed by atoms with Gasteiger partial charge in [-0.25, -0.2) is 0 Å². The minimum atomic E-state index is -4.32. The van der Waals surface area contributed by atoms with E-state index in [9.17, 15) is 13.2 Å². The second-order valence-electron chi connectivity index (χ2n) is 4.72. The van der Waals surface area contributed by atoms with E-state index in [0.29, 0.717) is 6.54 Å². The first kappa shape index (κ1) is 15.5. The molecule has 0 atom stereocenters. The van der Waals surface area contributed by atoms with Crippen molar-refractivity contribution in [2.24, 2.45) is 0 Å². The van der Waals surface area contributed by atoms with Gasteiger partial charge in [0.15, 0.2) is 0 Å². The van der Waals surface area contributed by atoms with Crippen LogP contribution < -0.4 is 5.32 Å². The summed E-state index contributed by atoms with van der Waals surface area (Å²) in [6.45, 7) is 2.64. The number of nitrogens with one attached hydrogen (secondary N) is 1. The molecule has 0 spiro atoms. The molecule has 2 rings (SSSR count). The largest absolute Gasteiger partial charge is 0.416 e. The molecule has 0 saturated heterocycles. The third-order valence-corrected chi connectivity index (χ3v) is 3.30. The lowest BCUT2D eigenvalue weighted by Gasteiger charge is -2.13. The summed E-state index contributed by atoms with van der Waals surface area (Å²) in [5.74, 6) is 0. The van der Waals surface area contributed by atoms with E-state index in [4.69, 9.17) is 0 Å². The maximum absolute atomic E-state index is 12.9. The van der Waals surface area contributed by atoms with Gasteiger partial charge in [-0.1, -0.05) is 31.2 Å². The smallest absolute Gasteiger partial charge is 0.307 e. The number of hydrogen-bond donors (Lipinski definition) is 1. The van der Waals surface area contributed by atoms with E-state index in [2.05, 4.69) is 10.3 Å². The second-order valence-corrected chi connectivity index (χ2v) is 4.72. The second kappa shape index (κ2) is 6.72. The van der Waals surface area contributed by atoms with E-state index < -0.39 is 11.7 Å². The number of halogens is 3. The first-order valence-electron chi connectivity index (χ1n) is 6.81. The van der Waals surface area contributed by atoms with Gasteiger partial charge in [0, 0.05) is 19.3 Å². The number of nitrogens with zero attached hydrogens (tertiary/aromatic N) is 1. The highest BCUT2D eigenvalue weighted by Gasteiger charge is 2.32. The summed E-state index contributed by atoms with van der Waals surface area (Å²) in [5.41, 5.74) is 1.65. The molecule has 1 heterocycles. The molecular weight excluding hydrogens is 277 g/mol. The molecule has 1 aromatic carbocycles. The Labute approximate surface area is 122 Å². The lowest BCUT2D eigenvalue weighted by Crippen LogP contribution is -2.18. The minimum Gasteiger partial charge on any atom is -0.307 e. The van der Waals surface area contributed by atoms with Gasteiger partial charge < -0.3 is 5.32 Å². The van der Waals surface area contributed by atoms with Crippen molar-refractivity contribution >= 4 is 0 Å². The summed E-state index contributed by atoms with van der Waals surface area (Å²) in [4.78, 5) is 4.27. The van der Waals surface area contributed by atoms with Gasteiger partial charge in [0.05, 0.1) is 11.3 Å². The molecule has 0 aliphatic carbocycles. The molecule has 2 aromatic rings. The van der Waals surface area contributed by atoms with Crippen molar-refractivity contribution in [1.29, 1.82) is 0 Å². The van der Waals surface area contributed by atoms with Crippen LogP contribution in [0, 0.1) is 0 Å². The van der Waals surface area contributed by atoms with Gasteiger partial charge in [-0.2, -0.15) is 13.2 Å². The average Bonchev–Trinajstić information content (AvgIpc) is 2.47. The molecule has 0 unspecified atom stereocenters. The van der Waals surface area contributed by atoms with Gasteiger partial charge >= 0.3 is 6.18 Å². The van der Waals surface area contributed by atoms with Gasteiger partial charge in [0.25, 0.3) is 0 Å². The van der Waals surface area contributed by atoms with E-state index in [0.717, 1.165) is 23.7 Å². The van der Waals surface area contributed by atoms with E-state index in [1.165, 1.54) is 12.1 Å². The zero-order valence-electron chi connectivity index (χ0n) is 11.7. The number of rotatable bonds is 5. The summed E-state index contributed by atoms with van der Waals surface area (Å²) in [6, 6.07) is 9.46. The normalized spacial score (nSPS) is 11.6. The summed E-state index contributed by atoms with van der Waals surface area (Å²) in [5, 5.41) is 3.04. The van der Waals surface area contributed by atoms with Crippen molar-refractivity contribution in [2.75, 3.05) is 0 Å². The Kier molecular flexibility index (Phi) is 4.96. The lowest BCUT2D eigenvalue weighted by molar-refractivity contribution is -0.138. The maximum Gasteiger partial charge on any atom is 0.416 e. The molecule has 1 aromatic heterocycles. The van der Waals surface area contributed by atoms with Crippen molar-refractivity contribution < 1.29 is 13.2 Å². The number of aromatic nitrogens is 1. The standard InChI is InChI=1S/C16H17F3N2/c1-2-12-7-5-9-21-15(12)11-20-10-13-6-3-4-8-14(13)16(17,18)19/h3-9,20H,2,10-11H2,1H3. The van der Waals surface area contributed by atoms with Crippen LogP contribution in [-0.2, 0) is 25.7 Å². The van der Waals surface area contributed by atoms with Gasteiger partial charge in [-0.05, 0) is 29.7 Å². The molecule has 0 saturated carbocycles. The van der Waals surface area contributed by atoms with Crippen LogP contribution in [0.5, 0.6) is 0 Å². The monoisotopic (exact) mass is 294 g/mol. The summed E-state index contributed by atoms with van der Waals surface area (Å²) in [7, 11) is 0. The Hall–Kier alpha value is -1.88. The molecule has 21 heavy (non-hydrogen) atoms. The maximum atomic E-state index is 12.9. The highest BCUT2D eigenvalue weighted by Crippen LogP contribution is 2.31. The number of hydrogen-bond acceptors (Lipinski definition) is 2. The first-order chi connectivity index (χ1) is 10.0. The number of pyridine rings is 1. The molecule has 0 aliphatic heterocycles. The molecule has 0 fully saturated rings. The Balaban J connectivity index is 2.04. The highest BCUT2D eigenvalue weighted by molar-refractivity contribution is 5.29. The third-order valence-electron chi connectivity index (χ3n) is 3.30. The molecule has 0 aliphatic rings. The van der Waals surface area contributed by atoms with Crippen molar-refractivity contribution in [1.82, 2.24) is 10.3 Å². The van der Waals surface area contributed by atoms with Crippen LogP contribution in [0.25, 0.3) is 0 Å². The Bertz CT molecular complexity index is 594. The molecule has 112 valence electrons. The predicted octanol–water partition coefficient (Wildman–Crippen LogP) is 3.95. The summed E-state index contributed by atoms with van der Waals surface area (Å²) in [6.07, 6.45) is -1.78. The highest BCUT2D eigenvalue weighted by atomic mass is 19.4. The SMILES string of the molecule is CCc1cccnc1CNCc1ccccc1C(F)(F)F. The van der Waals surface area contributed by atoms with Crippen molar-refractivity contribution in [3.05, 3.63) is 65.0 Å². The first-order valence-corrected chi connectivity index (χ1v) is 6.81. The third kappa shape index (κ3) is 4.04. The number of benzene rings is 1. The van der Waals surface area contributed by atoms with E-state index >= 15 is 0 Å². The van der Waals surface area contributed by atoms with Gasteiger partial charge in [-0.15, -0.1) is 0 Å². The zero-order valence-corrected chi connectivity index (χ0v) is 11.7. The van der Waals surface area contributed by atoms with Gasteiger partial charge in [0.2, 0.25) is 0 Å². The molecule has 2 nitrogen and oxygen atoms in total. The van der Waals surface area contributed by atoms with Gasteiger partial charge in [0.1, 0.15) is 0 Å². The fourth-order valence-electron chi connectivity index (χ4n) is 2.22. The quantitative estimate of drug-likeness (QED) is 0.903. The minimum absolute atomic E-state index is 0.162. The van der Waals surface area contributed by atoms with Crippen LogP contribution in [0.15, 0.2) is 42.6 Å². The van der Waals surface area contributed by atoms with Crippen molar-refractivity contribution in [3.8, 4) is 0 Å². The Morgan fingerprint density at radius 2 is 1.71 bits per heavy atom. The lowest BCUT2D eigenvalue weighted by atomic mass is 10.1. The summed E-state index contributed by atoms with van der Waals surface area (Å²) < 4.78 is 38.6. The Morgan fingerprint density at radius 1 is 1.00 bits per heavy atom. The van der Waals surface area contributed by atoms with Crippen LogP contribution in [0.1, 0.15) is 29.3 Å². The zero-order chi connectivity index (χ0) is 15.3. The molecule has 5 heteroatoms. The number of alkyl halides is 3. The molecular formula is C16H17F3N2. The van der Waals surface area contributed by atoms with Gasteiger partial charge in [-0.3, -0.25) is 4.98 Å². The molecule has 0 bridgehead atoms. The molecule has 0 radical (unpaired) electrons. The van der Waals surface area contributed by atoms with Crippen LogP contribution in [0.2, 0.25) is 0 Å². The van der Waals surface area contributed by atoms with E-state index in [1.807, 2.05) is 19.1 Å². The van der Waals surface area contributed by atoms with Crippen LogP contribution >= 0.6 is 0 Å².